The van der Waals surface area contributed by atoms with Crippen LogP contribution in [0.15, 0.2) is 17.0 Å². The van der Waals surface area contributed by atoms with Gasteiger partial charge in [0, 0.05) is 12.2 Å². The lowest BCUT2D eigenvalue weighted by molar-refractivity contribution is 0.530. The number of unbranched alkanes of at least 4 members (excludes halogenated alkanes) is 1. The highest BCUT2D eigenvalue weighted by molar-refractivity contribution is 7.89. The van der Waals surface area contributed by atoms with Crippen LogP contribution in [0.4, 0.5) is 5.69 Å². The van der Waals surface area contributed by atoms with E-state index in [-0.39, 0.29) is 4.90 Å². The smallest absolute Gasteiger partial charge is 0.240 e. The van der Waals surface area contributed by atoms with Gasteiger partial charge in [-0.05, 0) is 49.4 Å². The first-order chi connectivity index (χ1) is 9.24. The highest BCUT2D eigenvalue weighted by atomic mass is 32.2. The standard InChI is InChI=1S/C15H26N2O2S/c1-11(2)7-5-6-8-17-20(18,19)14-9-12(3)13(4)15(16)10-14/h9-11,17H,5-8,16H2,1-4H3. The molecule has 0 atom stereocenters. The molecule has 0 aliphatic rings. The van der Waals surface area contributed by atoms with Crippen molar-refractivity contribution in [2.45, 2.75) is 51.9 Å². The molecule has 0 radical (unpaired) electrons. The minimum Gasteiger partial charge on any atom is -0.398 e. The summed E-state index contributed by atoms with van der Waals surface area (Å²) in [6, 6.07) is 3.20. The second kappa shape index (κ2) is 7.09. The molecule has 0 saturated heterocycles. The number of aryl methyl sites for hydroxylation is 1. The lowest BCUT2D eigenvalue weighted by Crippen LogP contribution is -2.25. The minimum atomic E-state index is -3.45. The predicted octanol–water partition coefficient (Wildman–Crippen LogP) is 2.99. The lowest BCUT2D eigenvalue weighted by atomic mass is 10.1. The molecule has 0 heterocycles. The van der Waals surface area contributed by atoms with Crippen LogP contribution >= 0.6 is 0 Å². The summed E-state index contributed by atoms with van der Waals surface area (Å²) in [7, 11) is -3.45. The summed E-state index contributed by atoms with van der Waals surface area (Å²) in [6.45, 7) is 8.57. The van der Waals surface area contributed by atoms with Crippen molar-refractivity contribution in [3.63, 3.8) is 0 Å². The van der Waals surface area contributed by atoms with Crippen LogP contribution < -0.4 is 10.5 Å². The number of sulfonamides is 1. The number of anilines is 1. The van der Waals surface area contributed by atoms with Gasteiger partial charge in [0.25, 0.3) is 0 Å². The fraction of sp³-hybridized carbons (Fsp3) is 0.600. The number of hydrogen-bond acceptors (Lipinski definition) is 3. The molecule has 1 rings (SSSR count). The van der Waals surface area contributed by atoms with Crippen LogP contribution in [0.3, 0.4) is 0 Å². The van der Waals surface area contributed by atoms with Crippen LogP contribution in [0, 0.1) is 19.8 Å². The Kier molecular flexibility index (Phi) is 6.02. The van der Waals surface area contributed by atoms with Crippen LogP contribution in [0.2, 0.25) is 0 Å². The van der Waals surface area contributed by atoms with Gasteiger partial charge in [0.05, 0.1) is 4.90 Å². The Labute approximate surface area is 122 Å². The van der Waals surface area contributed by atoms with Gasteiger partial charge in [0.15, 0.2) is 0 Å². The highest BCUT2D eigenvalue weighted by Crippen LogP contribution is 2.21. The maximum atomic E-state index is 12.2. The van der Waals surface area contributed by atoms with Crippen molar-refractivity contribution >= 4 is 15.7 Å². The zero-order valence-electron chi connectivity index (χ0n) is 12.9. The number of hydrogen-bond donors (Lipinski definition) is 2. The number of nitrogens with one attached hydrogen (secondary N) is 1. The average Bonchev–Trinajstić information content (AvgIpc) is 2.34. The van der Waals surface area contributed by atoms with Crippen LogP contribution in [0.5, 0.6) is 0 Å². The van der Waals surface area contributed by atoms with Crippen molar-refractivity contribution < 1.29 is 8.42 Å². The number of benzene rings is 1. The van der Waals surface area contributed by atoms with E-state index in [0.717, 1.165) is 30.4 Å². The SMILES string of the molecule is Cc1cc(S(=O)(=O)NCCCCC(C)C)cc(N)c1C. The minimum absolute atomic E-state index is 0.252. The van der Waals surface area contributed by atoms with Gasteiger partial charge in [-0.2, -0.15) is 0 Å². The Morgan fingerprint density at radius 2 is 1.85 bits per heavy atom. The van der Waals surface area contributed by atoms with Crippen molar-refractivity contribution in [1.82, 2.24) is 4.72 Å². The lowest BCUT2D eigenvalue weighted by Gasteiger charge is -2.11. The van der Waals surface area contributed by atoms with E-state index in [1.165, 1.54) is 6.07 Å². The first-order valence-electron chi connectivity index (χ1n) is 7.10. The average molecular weight is 298 g/mol. The molecule has 5 heteroatoms. The van der Waals surface area contributed by atoms with Gasteiger partial charge in [0.1, 0.15) is 0 Å². The summed E-state index contributed by atoms with van der Waals surface area (Å²) in [4.78, 5) is 0.252. The summed E-state index contributed by atoms with van der Waals surface area (Å²) < 4.78 is 27.0. The molecule has 0 unspecified atom stereocenters. The van der Waals surface area contributed by atoms with Gasteiger partial charge in [-0.1, -0.05) is 26.7 Å². The van der Waals surface area contributed by atoms with Crippen molar-refractivity contribution in [1.29, 1.82) is 0 Å². The van der Waals surface area contributed by atoms with Gasteiger partial charge in [-0.25, -0.2) is 13.1 Å². The van der Waals surface area contributed by atoms with E-state index in [4.69, 9.17) is 5.73 Å². The summed E-state index contributed by atoms with van der Waals surface area (Å²) in [5.41, 5.74) is 8.18. The monoisotopic (exact) mass is 298 g/mol. The Hall–Kier alpha value is -1.07. The van der Waals surface area contributed by atoms with E-state index in [0.29, 0.717) is 18.2 Å². The third kappa shape index (κ3) is 4.80. The van der Waals surface area contributed by atoms with E-state index in [1.54, 1.807) is 6.07 Å². The van der Waals surface area contributed by atoms with E-state index >= 15 is 0 Å². The van der Waals surface area contributed by atoms with E-state index in [9.17, 15) is 8.42 Å². The van der Waals surface area contributed by atoms with Gasteiger partial charge < -0.3 is 5.73 Å². The van der Waals surface area contributed by atoms with Crippen molar-refractivity contribution in [2.24, 2.45) is 5.92 Å². The Morgan fingerprint density at radius 3 is 2.40 bits per heavy atom. The molecular formula is C15H26N2O2S. The Balaban J connectivity index is 2.65. The van der Waals surface area contributed by atoms with Gasteiger partial charge in [0.2, 0.25) is 10.0 Å². The normalized spacial score (nSPS) is 12.1. The maximum Gasteiger partial charge on any atom is 0.240 e. The summed E-state index contributed by atoms with van der Waals surface area (Å²) in [5.74, 6) is 0.658. The number of nitrogens with two attached hydrogens (primary N) is 1. The molecule has 1 aromatic carbocycles. The molecule has 0 aromatic heterocycles. The molecule has 0 amide bonds. The summed E-state index contributed by atoms with van der Waals surface area (Å²) in [5, 5.41) is 0. The summed E-state index contributed by atoms with van der Waals surface area (Å²) in [6.07, 6.45) is 3.02. The largest absolute Gasteiger partial charge is 0.398 e. The molecule has 20 heavy (non-hydrogen) atoms. The van der Waals surface area contributed by atoms with Crippen molar-refractivity contribution in [2.75, 3.05) is 12.3 Å². The second-order valence-electron chi connectivity index (χ2n) is 5.74. The molecule has 0 saturated carbocycles. The molecule has 0 spiro atoms. The van der Waals surface area contributed by atoms with E-state index in [1.807, 2.05) is 13.8 Å². The molecule has 4 nitrogen and oxygen atoms in total. The van der Waals surface area contributed by atoms with Crippen LogP contribution in [-0.2, 0) is 10.0 Å². The molecule has 0 fully saturated rings. The molecule has 0 aliphatic carbocycles. The third-order valence-electron chi connectivity index (χ3n) is 3.49. The quantitative estimate of drug-likeness (QED) is 0.600. The third-order valence-corrected chi connectivity index (χ3v) is 4.93. The molecule has 1 aromatic rings. The molecule has 114 valence electrons. The fourth-order valence-corrected chi connectivity index (χ4v) is 3.17. The van der Waals surface area contributed by atoms with Crippen molar-refractivity contribution in [3.05, 3.63) is 23.3 Å². The number of nitrogen functional groups attached to an aromatic ring is 1. The molecular weight excluding hydrogens is 272 g/mol. The Bertz CT molecular complexity index is 528. The van der Waals surface area contributed by atoms with Gasteiger partial charge in [-0.3, -0.25) is 0 Å². The zero-order valence-corrected chi connectivity index (χ0v) is 13.7. The number of rotatable bonds is 7. The highest BCUT2D eigenvalue weighted by Gasteiger charge is 2.15. The Morgan fingerprint density at radius 1 is 1.20 bits per heavy atom. The summed E-state index contributed by atoms with van der Waals surface area (Å²) >= 11 is 0. The van der Waals surface area contributed by atoms with Gasteiger partial charge >= 0.3 is 0 Å². The fourth-order valence-electron chi connectivity index (χ4n) is 1.98. The molecule has 0 aliphatic heterocycles. The molecule has 0 bridgehead atoms. The predicted molar refractivity (Wildman–Crippen MR) is 84.2 cm³/mol. The van der Waals surface area contributed by atoms with E-state index < -0.39 is 10.0 Å². The molecule has 3 N–H and O–H groups in total. The zero-order chi connectivity index (χ0) is 15.3. The van der Waals surface area contributed by atoms with Crippen LogP contribution in [0.25, 0.3) is 0 Å². The second-order valence-corrected chi connectivity index (χ2v) is 7.51. The van der Waals surface area contributed by atoms with E-state index in [2.05, 4.69) is 18.6 Å². The topological polar surface area (TPSA) is 72.2 Å². The van der Waals surface area contributed by atoms with Gasteiger partial charge in [-0.15, -0.1) is 0 Å². The maximum absolute atomic E-state index is 12.2. The van der Waals surface area contributed by atoms with Crippen LogP contribution in [-0.4, -0.2) is 15.0 Å². The first-order valence-corrected chi connectivity index (χ1v) is 8.58. The van der Waals surface area contributed by atoms with Crippen molar-refractivity contribution in [3.8, 4) is 0 Å². The first kappa shape index (κ1) is 17.0. The van der Waals surface area contributed by atoms with Crippen LogP contribution in [0.1, 0.15) is 44.2 Å².